The van der Waals surface area contributed by atoms with E-state index in [9.17, 15) is 0 Å². The Morgan fingerprint density at radius 3 is 1.58 bits per heavy atom. The van der Waals surface area contributed by atoms with Crippen LogP contribution in [0.4, 0.5) is 0 Å². The van der Waals surface area contributed by atoms with Crippen LogP contribution in [-0.4, -0.2) is 19.1 Å². The zero-order valence-corrected chi connectivity index (χ0v) is 35.1. The van der Waals surface area contributed by atoms with E-state index in [1.807, 2.05) is 19.1 Å². The van der Waals surface area contributed by atoms with E-state index >= 15 is 0 Å². The maximum Gasteiger partial charge on any atom is 0.180 e. The Morgan fingerprint density at radius 2 is 0.953 bits per heavy atom. The highest BCUT2D eigenvalue weighted by atomic mass is 16.3. The van der Waals surface area contributed by atoms with Gasteiger partial charge in [-0.05, 0) is 119 Å². The van der Waals surface area contributed by atoms with Crippen molar-refractivity contribution < 1.29 is 4.42 Å². The Bertz CT molecular complexity index is 3830. The summed E-state index contributed by atoms with van der Waals surface area (Å²) < 4.78 is 11.1. The van der Waals surface area contributed by atoms with Crippen molar-refractivity contribution in [3.05, 3.63) is 218 Å². The minimum Gasteiger partial charge on any atom is -0.452 e. The van der Waals surface area contributed by atoms with Crippen LogP contribution >= 0.6 is 0 Å². The Balaban J connectivity index is 0.917. The lowest BCUT2D eigenvalue weighted by Crippen LogP contribution is -1.94. The van der Waals surface area contributed by atoms with Gasteiger partial charge in [-0.25, -0.2) is 9.97 Å². The Morgan fingerprint density at radius 1 is 0.453 bits per heavy atom. The SMILES string of the molecule is C=Cc1c(/C=C\C)oc2c(-c3cccc(-c4cccc(-c5cccc(-n6c7ccccc7c7cc(-c8ccc9c(c8)c8ccccc8n9-c8ccccc8)ccc76)c5)c4)c3)ncnc12. The molecule has 0 aliphatic heterocycles. The second-order valence-corrected chi connectivity index (χ2v) is 16.2. The number of furan rings is 1. The van der Waals surface area contributed by atoms with Crippen molar-refractivity contribution >= 4 is 66.9 Å². The summed E-state index contributed by atoms with van der Waals surface area (Å²) in [6.07, 6.45) is 7.28. The van der Waals surface area contributed by atoms with Gasteiger partial charge in [0.1, 0.15) is 23.3 Å². The van der Waals surface area contributed by atoms with Crippen LogP contribution < -0.4 is 0 Å². The molecule has 0 atom stereocenters. The molecule has 0 amide bonds. The molecular formula is C59H40N4O. The fourth-order valence-electron chi connectivity index (χ4n) is 9.61. The first-order valence-electron chi connectivity index (χ1n) is 21.6. The Hall–Kier alpha value is -8.54. The minimum absolute atomic E-state index is 0.652. The van der Waals surface area contributed by atoms with Crippen molar-refractivity contribution in [3.8, 4) is 56.0 Å². The summed E-state index contributed by atoms with van der Waals surface area (Å²) in [6, 6.07) is 68.0. The Kier molecular flexibility index (Phi) is 8.80. The molecule has 0 N–H and O–H groups in total. The molecule has 4 aromatic heterocycles. The van der Waals surface area contributed by atoms with E-state index in [1.165, 1.54) is 54.7 Å². The van der Waals surface area contributed by atoms with Crippen LogP contribution in [0, 0.1) is 0 Å². The quantitative estimate of drug-likeness (QED) is 0.153. The number of nitrogens with zero attached hydrogens (tertiary/aromatic N) is 4. The first kappa shape index (κ1) is 37.2. The molecule has 0 unspecified atom stereocenters. The topological polar surface area (TPSA) is 48.8 Å². The summed E-state index contributed by atoms with van der Waals surface area (Å²) >= 11 is 0. The van der Waals surface area contributed by atoms with Crippen LogP contribution in [-0.2, 0) is 0 Å². The van der Waals surface area contributed by atoms with Gasteiger partial charge in [0, 0.05) is 44.0 Å². The summed E-state index contributed by atoms with van der Waals surface area (Å²) in [4.78, 5) is 9.24. The van der Waals surface area contributed by atoms with Gasteiger partial charge < -0.3 is 13.6 Å². The molecular weight excluding hydrogens is 781 g/mol. The lowest BCUT2D eigenvalue weighted by molar-refractivity contribution is 0.602. The van der Waals surface area contributed by atoms with Crippen LogP contribution in [0.1, 0.15) is 18.2 Å². The largest absolute Gasteiger partial charge is 0.452 e. The Labute approximate surface area is 370 Å². The third-order valence-corrected chi connectivity index (χ3v) is 12.5. The number of allylic oxidation sites excluding steroid dienone is 1. The van der Waals surface area contributed by atoms with Gasteiger partial charge in [-0.1, -0.05) is 134 Å². The third-order valence-electron chi connectivity index (χ3n) is 12.5. The number of benzene rings is 8. The van der Waals surface area contributed by atoms with Gasteiger partial charge in [-0.2, -0.15) is 0 Å². The molecule has 0 aliphatic rings. The average molecular weight is 821 g/mol. The summed E-state index contributed by atoms with van der Waals surface area (Å²) in [7, 11) is 0. The first-order chi connectivity index (χ1) is 31.6. The lowest BCUT2D eigenvalue weighted by atomic mass is 9.97. The van der Waals surface area contributed by atoms with E-state index in [4.69, 9.17) is 4.42 Å². The summed E-state index contributed by atoms with van der Waals surface area (Å²) in [5, 5.41) is 4.94. The highest BCUT2D eigenvalue weighted by Crippen LogP contribution is 2.40. The van der Waals surface area contributed by atoms with Gasteiger partial charge in [0.2, 0.25) is 0 Å². The number of aromatic nitrogens is 4. The summed E-state index contributed by atoms with van der Waals surface area (Å²) in [5.74, 6) is 0.726. The van der Waals surface area contributed by atoms with E-state index in [0.29, 0.717) is 5.58 Å². The van der Waals surface area contributed by atoms with Gasteiger partial charge in [0.15, 0.2) is 5.58 Å². The van der Waals surface area contributed by atoms with Gasteiger partial charge in [0.25, 0.3) is 0 Å². The van der Waals surface area contributed by atoms with Crippen molar-refractivity contribution in [2.24, 2.45) is 0 Å². The molecule has 0 radical (unpaired) electrons. The van der Waals surface area contributed by atoms with Gasteiger partial charge >= 0.3 is 0 Å². The third kappa shape index (κ3) is 6.01. The monoisotopic (exact) mass is 820 g/mol. The maximum atomic E-state index is 6.31. The zero-order chi connectivity index (χ0) is 42.7. The number of para-hydroxylation sites is 3. The molecule has 302 valence electrons. The maximum absolute atomic E-state index is 6.31. The molecule has 4 heterocycles. The van der Waals surface area contributed by atoms with Crippen molar-refractivity contribution in [3.63, 3.8) is 0 Å². The first-order valence-corrected chi connectivity index (χ1v) is 21.6. The summed E-state index contributed by atoms with van der Waals surface area (Å²) in [5.41, 5.74) is 17.9. The zero-order valence-electron chi connectivity index (χ0n) is 35.1. The minimum atomic E-state index is 0.652. The van der Waals surface area contributed by atoms with Crippen molar-refractivity contribution in [1.82, 2.24) is 19.1 Å². The van der Waals surface area contributed by atoms with E-state index in [1.54, 1.807) is 12.4 Å². The fourth-order valence-corrected chi connectivity index (χ4v) is 9.61. The van der Waals surface area contributed by atoms with Gasteiger partial charge in [-0.15, -0.1) is 0 Å². The van der Waals surface area contributed by atoms with Crippen LogP contribution in [0.15, 0.2) is 211 Å². The van der Waals surface area contributed by atoms with Crippen molar-refractivity contribution in [2.75, 3.05) is 0 Å². The molecule has 5 heteroatoms. The standard InChI is InChI=1S/C59H40N4O/c1-3-15-56-47(4-2)58-59(64-56)57(60-37-61-58)44-20-13-18-40(33-44)38-16-12-17-39(32-38)41-19-14-23-46(34-41)63-53-27-11-9-25-49(53)51-36-43(29-31-55(51)63)42-28-30-54-50(35-42)48-24-8-10-26-52(48)62(54)45-21-6-5-7-22-45/h3-37H,2H2,1H3/b15-3-. The molecule has 8 aromatic carbocycles. The lowest BCUT2D eigenvalue weighted by Gasteiger charge is -2.12. The predicted octanol–water partition coefficient (Wildman–Crippen LogP) is 15.8. The number of hydrogen-bond acceptors (Lipinski definition) is 3. The molecule has 0 aliphatic carbocycles. The van der Waals surface area contributed by atoms with E-state index in [2.05, 4.69) is 214 Å². The fraction of sp³-hybridized carbons (Fsp3) is 0.0169. The molecule has 0 fully saturated rings. The molecule has 0 saturated carbocycles. The highest BCUT2D eigenvalue weighted by molar-refractivity contribution is 6.13. The number of hydrogen-bond donors (Lipinski definition) is 0. The summed E-state index contributed by atoms with van der Waals surface area (Å²) in [6.45, 7) is 5.98. The van der Waals surface area contributed by atoms with E-state index < -0.39 is 0 Å². The molecule has 0 spiro atoms. The normalized spacial score (nSPS) is 11.8. The van der Waals surface area contributed by atoms with Crippen LogP contribution in [0.2, 0.25) is 0 Å². The highest BCUT2D eigenvalue weighted by Gasteiger charge is 2.19. The molecule has 0 bridgehead atoms. The molecule has 64 heavy (non-hydrogen) atoms. The van der Waals surface area contributed by atoms with Crippen LogP contribution in [0.5, 0.6) is 0 Å². The number of rotatable bonds is 8. The smallest absolute Gasteiger partial charge is 0.180 e. The molecule has 12 aromatic rings. The van der Waals surface area contributed by atoms with Crippen molar-refractivity contribution in [2.45, 2.75) is 6.92 Å². The molecule has 12 rings (SSSR count). The average Bonchev–Trinajstić information content (AvgIpc) is 4.01. The van der Waals surface area contributed by atoms with Crippen LogP contribution in [0.3, 0.4) is 0 Å². The second kappa shape index (κ2) is 15.1. The van der Waals surface area contributed by atoms with Crippen molar-refractivity contribution in [1.29, 1.82) is 0 Å². The molecule has 5 nitrogen and oxygen atoms in total. The van der Waals surface area contributed by atoms with E-state index in [-0.39, 0.29) is 0 Å². The predicted molar refractivity (Wildman–Crippen MR) is 267 cm³/mol. The molecule has 0 saturated heterocycles. The second-order valence-electron chi connectivity index (χ2n) is 16.2. The van der Waals surface area contributed by atoms with Gasteiger partial charge in [0.05, 0.1) is 22.1 Å². The number of fused-ring (bicyclic) bond motifs is 7. The van der Waals surface area contributed by atoms with Crippen LogP contribution in [0.25, 0.3) is 123 Å². The van der Waals surface area contributed by atoms with Gasteiger partial charge in [-0.3, -0.25) is 0 Å². The van der Waals surface area contributed by atoms with E-state index in [0.717, 1.165) is 61.7 Å².